The predicted octanol–water partition coefficient (Wildman–Crippen LogP) is 1.41. The zero-order chi connectivity index (χ0) is 10.4. The van der Waals surface area contributed by atoms with Crippen molar-refractivity contribution >= 4 is 22.3 Å². The molecule has 2 heterocycles. The summed E-state index contributed by atoms with van der Waals surface area (Å²) in [6, 6.07) is 7.66. The molecule has 5 nitrogen and oxygen atoms in total. The molecule has 1 N–H and O–H groups in total. The number of ketones is 1. The van der Waals surface area contributed by atoms with Gasteiger partial charge in [-0.05, 0) is 13.0 Å². The summed E-state index contributed by atoms with van der Waals surface area (Å²) in [6.07, 6.45) is 0. The SMILES string of the molecule is CC(=O)c1c2ccccc2n2[nH]nnc12. The highest BCUT2D eigenvalue weighted by molar-refractivity contribution is 6.12. The number of hydrogen-bond acceptors (Lipinski definition) is 3. The van der Waals surface area contributed by atoms with Crippen LogP contribution < -0.4 is 0 Å². The molecular weight excluding hydrogens is 192 g/mol. The molecule has 0 aliphatic carbocycles. The van der Waals surface area contributed by atoms with E-state index >= 15 is 0 Å². The van der Waals surface area contributed by atoms with Crippen LogP contribution >= 0.6 is 0 Å². The Kier molecular flexibility index (Phi) is 1.45. The fraction of sp³-hybridized carbons (Fsp3) is 0.100. The molecule has 0 radical (unpaired) electrons. The van der Waals surface area contributed by atoms with Crippen molar-refractivity contribution in [2.45, 2.75) is 6.92 Å². The Labute approximate surface area is 84.7 Å². The van der Waals surface area contributed by atoms with Crippen LogP contribution in [-0.2, 0) is 0 Å². The zero-order valence-electron chi connectivity index (χ0n) is 8.06. The fourth-order valence-corrected chi connectivity index (χ4v) is 1.88. The summed E-state index contributed by atoms with van der Waals surface area (Å²) in [6.45, 7) is 1.54. The van der Waals surface area contributed by atoms with Gasteiger partial charge in [-0.3, -0.25) is 4.79 Å². The first-order valence-electron chi connectivity index (χ1n) is 4.60. The third-order valence-corrected chi connectivity index (χ3v) is 2.49. The highest BCUT2D eigenvalue weighted by atomic mass is 16.1. The maximum absolute atomic E-state index is 11.5. The van der Waals surface area contributed by atoms with Crippen LogP contribution in [-0.4, -0.2) is 25.8 Å². The topological polar surface area (TPSA) is 63.0 Å². The van der Waals surface area contributed by atoms with Crippen LogP contribution in [0.3, 0.4) is 0 Å². The van der Waals surface area contributed by atoms with Crippen molar-refractivity contribution in [3.8, 4) is 0 Å². The molecule has 0 aliphatic heterocycles. The molecule has 1 aromatic carbocycles. The molecular formula is C10H8N4O. The minimum absolute atomic E-state index is 0.00241. The maximum Gasteiger partial charge on any atom is 0.189 e. The van der Waals surface area contributed by atoms with E-state index in [2.05, 4.69) is 15.5 Å². The van der Waals surface area contributed by atoms with Gasteiger partial charge in [0.1, 0.15) is 0 Å². The Morgan fingerprint density at radius 2 is 2.20 bits per heavy atom. The van der Waals surface area contributed by atoms with Crippen molar-refractivity contribution in [1.82, 2.24) is 20.0 Å². The second-order valence-electron chi connectivity index (χ2n) is 3.41. The van der Waals surface area contributed by atoms with Gasteiger partial charge in [0.05, 0.1) is 11.1 Å². The van der Waals surface area contributed by atoms with Gasteiger partial charge in [0, 0.05) is 5.39 Å². The van der Waals surface area contributed by atoms with Gasteiger partial charge in [-0.1, -0.05) is 23.4 Å². The maximum atomic E-state index is 11.5. The van der Waals surface area contributed by atoms with Crippen LogP contribution in [0.25, 0.3) is 16.6 Å². The van der Waals surface area contributed by atoms with Crippen molar-refractivity contribution in [3.05, 3.63) is 29.8 Å². The number of aromatic nitrogens is 4. The van der Waals surface area contributed by atoms with E-state index in [1.54, 1.807) is 4.52 Å². The van der Waals surface area contributed by atoms with E-state index in [9.17, 15) is 4.79 Å². The molecule has 3 rings (SSSR count). The third-order valence-electron chi connectivity index (χ3n) is 2.49. The number of aromatic amines is 1. The van der Waals surface area contributed by atoms with Crippen LogP contribution in [0.2, 0.25) is 0 Å². The van der Waals surface area contributed by atoms with E-state index in [0.717, 1.165) is 10.9 Å². The lowest BCUT2D eigenvalue weighted by atomic mass is 10.1. The Morgan fingerprint density at radius 3 is 3.00 bits per heavy atom. The highest BCUT2D eigenvalue weighted by Gasteiger charge is 2.16. The van der Waals surface area contributed by atoms with Crippen LogP contribution in [0.15, 0.2) is 24.3 Å². The molecule has 0 bridgehead atoms. The number of fused-ring (bicyclic) bond motifs is 3. The van der Waals surface area contributed by atoms with E-state index < -0.39 is 0 Å². The van der Waals surface area contributed by atoms with Crippen LogP contribution in [0, 0.1) is 0 Å². The van der Waals surface area contributed by atoms with Gasteiger partial charge >= 0.3 is 0 Å². The number of hydrogen-bond donors (Lipinski definition) is 1. The van der Waals surface area contributed by atoms with Crippen molar-refractivity contribution in [2.75, 3.05) is 0 Å². The summed E-state index contributed by atoms with van der Waals surface area (Å²) in [7, 11) is 0. The normalized spacial score (nSPS) is 11.3. The summed E-state index contributed by atoms with van der Waals surface area (Å²) >= 11 is 0. The van der Waals surface area contributed by atoms with Crippen molar-refractivity contribution in [3.63, 3.8) is 0 Å². The molecule has 0 unspecified atom stereocenters. The minimum atomic E-state index is 0.00241. The summed E-state index contributed by atoms with van der Waals surface area (Å²) in [4.78, 5) is 11.5. The summed E-state index contributed by atoms with van der Waals surface area (Å²) in [5, 5.41) is 11.3. The quantitative estimate of drug-likeness (QED) is 0.604. The van der Waals surface area contributed by atoms with Crippen LogP contribution in [0.5, 0.6) is 0 Å². The molecule has 0 saturated carbocycles. The molecule has 0 fully saturated rings. The summed E-state index contributed by atoms with van der Waals surface area (Å²) in [5.41, 5.74) is 2.13. The molecule has 0 aliphatic rings. The molecule has 3 aromatic rings. The number of carbonyl (C=O) groups excluding carboxylic acids is 1. The van der Waals surface area contributed by atoms with E-state index in [0.29, 0.717) is 11.2 Å². The van der Waals surface area contributed by atoms with Gasteiger partial charge in [-0.25, -0.2) is 4.52 Å². The first-order chi connectivity index (χ1) is 7.29. The van der Waals surface area contributed by atoms with Gasteiger partial charge in [-0.15, -0.1) is 5.10 Å². The number of para-hydroxylation sites is 1. The minimum Gasteiger partial charge on any atom is -0.294 e. The molecule has 74 valence electrons. The predicted molar refractivity (Wildman–Crippen MR) is 54.8 cm³/mol. The smallest absolute Gasteiger partial charge is 0.189 e. The molecule has 0 spiro atoms. The van der Waals surface area contributed by atoms with E-state index in [-0.39, 0.29) is 5.78 Å². The Hall–Kier alpha value is -2.17. The first kappa shape index (κ1) is 8.16. The van der Waals surface area contributed by atoms with Gasteiger partial charge < -0.3 is 0 Å². The lowest BCUT2D eigenvalue weighted by Gasteiger charge is -1.91. The number of tetrazole rings is 1. The lowest BCUT2D eigenvalue weighted by Crippen LogP contribution is -1.91. The Morgan fingerprint density at radius 1 is 1.40 bits per heavy atom. The standard InChI is InChI=1S/C10H8N4O/c1-6(15)9-7-4-2-3-5-8(7)14-10(9)11-12-13-14/h2-5H,1H3,(H,11,13). The molecule has 0 atom stereocenters. The van der Waals surface area contributed by atoms with Crippen LogP contribution in [0.1, 0.15) is 17.3 Å². The summed E-state index contributed by atoms with van der Waals surface area (Å²) in [5.74, 6) is 0.00241. The van der Waals surface area contributed by atoms with Gasteiger partial charge in [0.2, 0.25) is 0 Å². The third kappa shape index (κ3) is 0.942. The second-order valence-corrected chi connectivity index (χ2v) is 3.41. The van der Waals surface area contributed by atoms with Crippen molar-refractivity contribution in [2.24, 2.45) is 0 Å². The fourth-order valence-electron chi connectivity index (χ4n) is 1.88. The average Bonchev–Trinajstić information content (AvgIpc) is 2.75. The Bertz CT molecular complexity index is 664. The molecule has 0 saturated heterocycles. The van der Waals surface area contributed by atoms with Gasteiger partial charge in [0.15, 0.2) is 11.4 Å². The monoisotopic (exact) mass is 200 g/mol. The molecule has 2 aromatic heterocycles. The average molecular weight is 200 g/mol. The van der Waals surface area contributed by atoms with Crippen molar-refractivity contribution < 1.29 is 4.79 Å². The van der Waals surface area contributed by atoms with E-state index in [1.807, 2.05) is 24.3 Å². The number of nitrogens with zero attached hydrogens (tertiary/aromatic N) is 3. The lowest BCUT2D eigenvalue weighted by molar-refractivity contribution is 0.102. The number of rotatable bonds is 1. The largest absolute Gasteiger partial charge is 0.294 e. The van der Waals surface area contributed by atoms with E-state index in [4.69, 9.17) is 0 Å². The number of carbonyl (C=O) groups is 1. The van der Waals surface area contributed by atoms with Gasteiger partial charge in [-0.2, -0.15) is 5.21 Å². The molecule has 15 heavy (non-hydrogen) atoms. The number of H-pyrrole nitrogens is 1. The first-order valence-corrected chi connectivity index (χ1v) is 4.60. The van der Waals surface area contributed by atoms with E-state index in [1.165, 1.54) is 6.92 Å². The van der Waals surface area contributed by atoms with Crippen molar-refractivity contribution in [1.29, 1.82) is 0 Å². The molecule has 5 heteroatoms. The second kappa shape index (κ2) is 2.66. The number of Topliss-reactive ketones (excluding diaryl/α,β-unsaturated/α-hetero) is 1. The molecule has 0 amide bonds. The highest BCUT2D eigenvalue weighted by Crippen LogP contribution is 2.24. The van der Waals surface area contributed by atoms with Crippen LogP contribution in [0.4, 0.5) is 0 Å². The summed E-state index contributed by atoms with van der Waals surface area (Å²) < 4.78 is 1.71. The van der Waals surface area contributed by atoms with Gasteiger partial charge in [0.25, 0.3) is 0 Å². The zero-order valence-corrected chi connectivity index (χ0v) is 8.06. The number of benzene rings is 1. The Balaban J connectivity index is 2.64. The number of nitrogens with one attached hydrogen (secondary N) is 1.